The van der Waals surface area contributed by atoms with Crippen molar-refractivity contribution in [2.75, 3.05) is 0 Å². The van der Waals surface area contributed by atoms with Gasteiger partial charge in [-0.3, -0.25) is 4.79 Å². The third-order valence-electron chi connectivity index (χ3n) is 2.33. The molecule has 0 saturated heterocycles. The number of hydrogen-bond donors (Lipinski definition) is 0. The van der Waals surface area contributed by atoms with Crippen LogP contribution in [0.15, 0.2) is 11.6 Å². The van der Waals surface area contributed by atoms with E-state index in [0.717, 1.165) is 24.7 Å². The zero-order valence-corrected chi connectivity index (χ0v) is 8.63. The van der Waals surface area contributed by atoms with Crippen molar-refractivity contribution in [1.82, 2.24) is 0 Å². The molecule has 0 aromatic carbocycles. The molecule has 0 aliphatic carbocycles. The van der Waals surface area contributed by atoms with E-state index in [0.29, 0.717) is 11.8 Å². The van der Waals surface area contributed by atoms with Crippen LogP contribution >= 0.6 is 0 Å². The SMILES string of the molecule is CCC/C=C(\C=O)C(C)C(C)C. The first-order valence-corrected chi connectivity index (χ1v) is 4.78. The van der Waals surface area contributed by atoms with E-state index >= 15 is 0 Å². The summed E-state index contributed by atoms with van der Waals surface area (Å²) in [7, 11) is 0. The Labute approximate surface area is 75.9 Å². The zero-order chi connectivity index (χ0) is 9.56. The Morgan fingerprint density at radius 1 is 1.33 bits per heavy atom. The molecule has 0 aliphatic heterocycles. The second-order valence-electron chi connectivity index (χ2n) is 3.64. The third kappa shape index (κ3) is 3.70. The summed E-state index contributed by atoms with van der Waals surface area (Å²) in [6.45, 7) is 8.53. The summed E-state index contributed by atoms with van der Waals surface area (Å²) in [5.41, 5.74) is 0.965. The molecule has 1 atom stereocenters. The van der Waals surface area contributed by atoms with E-state index in [9.17, 15) is 4.79 Å². The first-order valence-electron chi connectivity index (χ1n) is 4.78. The van der Waals surface area contributed by atoms with Gasteiger partial charge in [0.05, 0.1) is 0 Å². The van der Waals surface area contributed by atoms with Crippen LogP contribution in [-0.2, 0) is 4.79 Å². The zero-order valence-electron chi connectivity index (χ0n) is 8.63. The first-order chi connectivity index (χ1) is 5.63. The summed E-state index contributed by atoms with van der Waals surface area (Å²) in [6.07, 6.45) is 5.20. The van der Waals surface area contributed by atoms with E-state index in [-0.39, 0.29) is 0 Å². The number of hydrogen-bond acceptors (Lipinski definition) is 1. The van der Waals surface area contributed by atoms with Gasteiger partial charge in [-0.2, -0.15) is 0 Å². The molecule has 0 saturated carbocycles. The van der Waals surface area contributed by atoms with E-state index in [1.807, 2.05) is 0 Å². The van der Waals surface area contributed by atoms with Crippen LogP contribution in [0.1, 0.15) is 40.5 Å². The molecular weight excluding hydrogens is 148 g/mol. The molecule has 0 rings (SSSR count). The number of carbonyl (C=O) groups excluding carboxylic acids is 1. The van der Waals surface area contributed by atoms with Crippen LogP contribution in [0.2, 0.25) is 0 Å². The third-order valence-corrected chi connectivity index (χ3v) is 2.33. The second kappa shape index (κ2) is 5.99. The Kier molecular flexibility index (Phi) is 5.69. The highest BCUT2D eigenvalue weighted by Crippen LogP contribution is 2.18. The van der Waals surface area contributed by atoms with E-state index in [2.05, 4.69) is 33.8 Å². The largest absolute Gasteiger partial charge is 0.298 e. The molecule has 1 unspecified atom stereocenters. The topological polar surface area (TPSA) is 17.1 Å². The molecule has 0 N–H and O–H groups in total. The van der Waals surface area contributed by atoms with Crippen LogP contribution in [0.4, 0.5) is 0 Å². The monoisotopic (exact) mass is 168 g/mol. The molecule has 0 heterocycles. The minimum atomic E-state index is 0.397. The average molecular weight is 168 g/mol. The van der Waals surface area contributed by atoms with E-state index in [1.54, 1.807) is 0 Å². The first kappa shape index (κ1) is 11.4. The van der Waals surface area contributed by atoms with Crippen molar-refractivity contribution in [2.24, 2.45) is 11.8 Å². The lowest BCUT2D eigenvalue weighted by atomic mass is 9.90. The highest BCUT2D eigenvalue weighted by atomic mass is 16.1. The molecule has 1 heteroatoms. The lowest BCUT2D eigenvalue weighted by Gasteiger charge is -2.14. The van der Waals surface area contributed by atoms with Gasteiger partial charge in [0, 0.05) is 0 Å². The van der Waals surface area contributed by atoms with Crippen LogP contribution in [0.3, 0.4) is 0 Å². The van der Waals surface area contributed by atoms with Crippen molar-refractivity contribution in [1.29, 1.82) is 0 Å². The molecule has 0 aromatic rings. The van der Waals surface area contributed by atoms with Gasteiger partial charge in [0.1, 0.15) is 6.29 Å². The van der Waals surface area contributed by atoms with Crippen LogP contribution in [0.5, 0.6) is 0 Å². The fourth-order valence-electron chi connectivity index (χ4n) is 1.04. The minimum absolute atomic E-state index is 0.397. The van der Waals surface area contributed by atoms with Crippen LogP contribution in [-0.4, -0.2) is 6.29 Å². The van der Waals surface area contributed by atoms with E-state index in [4.69, 9.17) is 0 Å². The lowest BCUT2D eigenvalue weighted by molar-refractivity contribution is -0.105. The lowest BCUT2D eigenvalue weighted by Crippen LogP contribution is -2.08. The Balaban J connectivity index is 4.22. The maximum Gasteiger partial charge on any atom is 0.145 e. The fraction of sp³-hybridized carbons (Fsp3) is 0.727. The summed E-state index contributed by atoms with van der Waals surface area (Å²) in [6, 6.07) is 0. The molecule has 0 radical (unpaired) electrons. The molecular formula is C11H20O. The molecule has 0 fully saturated rings. The van der Waals surface area contributed by atoms with Gasteiger partial charge in [-0.25, -0.2) is 0 Å². The van der Waals surface area contributed by atoms with Gasteiger partial charge in [-0.05, 0) is 23.8 Å². The normalized spacial score (nSPS) is 14.9. The van der Waals surface area contributed by atoms with Gasteiger partial charge in [-0.1, -0.05) is 40.2 Å². The summed E-state index contributed by atoms with van der Waals surface area (Å²) >= 11 is 0. The van der Waals surface area contributed by atoms with Gasteiger partial charge in [-0.15, -0.1) is 0 Å². The Hall–Kier alpha value is -0.590. The number of carbonyl (C=O) groups is 1. The summed E-state index contributed by atoms with van der Waals surface area (Å²) < 4.78 is 0. The maximum absolute atomic E-state index is 10.7. The Morgan fingerprint density at radius 3 is 2.25 bits per heavy atom. The number of aldehydes is 1. The Morgan fingerprint density at radius 2 is 1.92 bits per heavy atom. The van der Waals surface area contributed by atoms with Crippen molar-refractivity contribution >= 4 is 6.29 Å². The van der Waals surface area contributed by atoms with Crippen molar-refractivity contribution in [3.8, 4) is 0 Å². The minimum Gasteiger partial charge on any atom is -0.298 e. The maximum atomic E-state index is 10.7. The molecule has 0 amide bonds. The van der Waals surface area contributed by atoms with Crippen molar-refractivity contribution in [2.45, 2.75) is 40.5 Å². The van der Waals surface area contributed by atoms with Crippen molar-refractivity contribution in [3.05, 3.63) is 11.6 Å². The number of unbranched alkanes of at least 4 members (excludes halogenated alkanes) is 1. The van der Waals surface area contributed by atoms with Gasteiger partial charge in [0.25, 0.3) is 0 Å². The quantitative estimate of drug-likeness (QED) is 0.455. The number of allylic oxidation sites excluding steroid dienone is 2. The van der Waals surface area contributed by atoms with E-state index in [1.165, 1.54) is 0 Å². The standard InChI is InChI=1S/C11H20O/c1-5-6-7-11(8-12)10(4)9(2)3/h7-10H,5-6H2,1-4H3/b11-7+. The predicted octanol–water partition coefficient (Wildman–Crippen LogP) is 3.20. The summed E-state index contributed by atoms with van der Waals surface area (Å²) in [5.74, 6) is 0.951. The smallest absolute Gasteiger partial charge is 0.145 e. The van der Waals surface area contributed by atoms with Crippen LogP contribution in [0, 0.1) is 11.8 Å². The average Bonchev–Trinajstić information content (AvgIpc) is 2.05. The highest BCUT2D eigenvalue weighted by molar-refractivity contribution is 5.73. The van der Waals surface area contributed by atoms with Crippen LogP contribution in [0.25, 0.3) is 0 Å². The molecule has 1 nitrogen and oxygen atoms in total. The van der Waals surface area contributed by atoms with Crippen molar-refractivity contribution in [3.63, 3.8) is 0 Å². The van der Waals surface area contributed by atoms with Gasteiger partial charge < -0.3 is 0 Å². The molecule has 0 bridgehead atoms. The van der Waals surface area contributed by atoms with E-state index < -0.39 is 0 Å². The summed E-state index contributed by atoms with van der Waals surface area (Å²) in [5, 5.41) is 0. The fourth-order valence-corrected chi connectivity index (χ4v) is 1.04. The van der Waals surface area contributed by atoms with Gasteiger partial charge in [0.15, 0.2) is 0 Å². The molecule has 12 heavy (non-hydrogen) atoms. The molecule has 0 aliphatic rings. The number of rotatable bonds is 5. The molecule has 0 spiro atoms. The predicted molar refractivity (Wildman–Crippen MR) is 53.1 cm³/mol. The van der Waals surface area contributed by atoms with Crippen molar-refractivity contribution < 1.29 is 4.79 Å². The summed E-state index contributed by atoms with van der Waals surface area (Å²) in [4.78, 5) is 10.7. The van der Waals surface area contributed by atoms with Gasteiger partial charge >= 0.3 is 0 Å². The second-order valence-corrected chi connectivity index (χ2v) is 3.64. The highest BCUT2D eigenvalue weighted by Gasteiger charge is 2.11. The van der Waals surface area contributed by atoms with Crippen LogP contribution < -0.4 is 0 Å². The van der Waals surface area contributed by atoms with Gasteiger partial charge in [0.2, 0.25) is 0 Å². The molecule has 0 aromatic heterocycles. The Bertz CT molecular complexity index is 156. The molecule has 70 valence electrons.